The molecule has 25 heavy (non-hydrogen) atoms. The lowest BCUT2D eigenvalue weighted by molar-refractivity contribution is -0.137. The van der Waals surface area contributed by atoms with Crippen molar-refractivity contribution < 1.29 is 22.5 Å². The first-order valence-electron chi connectivity index (χ1n) is 7.99. The SMILES string of the molecule is CC1(C)OB(c2ccnc(-c3ccccc3C(F)(F)F)c2)OC1(C)C. The maximum atomic E-state index is 13.3. The Morgan fingerprint density at radius 2 is 1.56 bits per heavy atom. The molecule has 1 aliphatic heterocycles. The van der Waals surface area contributed by atoms with Gasteiger partial charge in [-0.3, -0.25) is 4.98 Å². The van der Waals surface area contributed by atoms with Crippen LogP contribution in [-0.4, -0.2) is 23.3 Å². The van der Waals surface area contributed by atoms with Crippen LogP contribution < -0.4 is 5.46 Å². The first kappa shape index (κ1) is 18.0. The standard InChI is InChI=1S/C18H19BF3NO2/c1-16(2)17(3,4)25-19(24-16)12-9-10-23-15(11-12)13-7-5-6-8-14(13)18(20,21)22/h5-11H,1-4H3. The molecule has 1 saturated heterocycles. The van der Waals surface area contributed by atoms with Crippen molar-refractivity contribution >= 4 is 12.6 Å². The van der Waals surface area contributed by atoms with E-state index in [1.165, 1.54) is 18.3 Å². The minimum atomic E-state index is -4.45. The van der Waals surface area contributed by atoms with Gasteiger partial charge in [0, 0.05) is 11.8 Å². The Hall–Kier alpha value is -1.86. The van der Waals surface area contributed by atoms with Crippen molar-refractivity contribution in [2.75, 3.05) is 0 Å². The van der Waals surface area contributed by atoms with Crippen LogP contribution in [0.1, 0.15) is 33.3 Å². The molecule has 0 radical (unpaired) electrons. The first-order valence-corrected chi connectivity index (χ1v) is 7.99. The predicted molar refractivity (Wildman–Crippen MR) is 90.4 cm³/mol. The minimum absolute atomic E-state index is 0.0355. The third-order valence-electron chi connectivity index (χ3n) is 4.82. The van der Waals surface area contributed by atoms with Crippen molar-refractivity contribution in [3.05, 3.63) is 48.2 Å². The number of hydrogen-bond donors (Lipinski definition) is 0. The van der Waals surface area contributed by atoms with Gasteiger partial charge in [-0.05, 0) is 51.4 Å². The summed E-state index contributed by atoms with van der Waals surface area (Å²) in [6.07, 6.45) is -2.97. The van der Waals surface area contributed by atoms with Gasteiger partial charge in [0.25, 0.3) is 0 Å². The van der Waals surface area contributed by atoms with E-state index in [0.29, 0.717) is 5.46 Å². The Labute approximate surface area is 145 Å². The van der Waals surface area contributed by atoms with Gasteiger partial charge in [0.1, 0.15) is 0 Å². The number of aromatic nitrogens is 1. The largest absolute Gasteiger partial charge is 0.494 e. The fourth-order valence-electron chi connectivity index (χ4n) is 2.67. The highest BCUT2D eigenvalue weighted by Gasteiger charge is 2.51. The molecular formula is C18H19BF3NO2. The van der Waals surface area contributed by atoms with Crippen molar-refractivity contribution in [3.63, 3.8) is 0 Å². The fourth-order valence-corrected chi connectivity index (χ4v) is 2.67. The number of halogens is 3. The van der Waals surface area contributed by atoms with Crippen molar-refractivity contribution in [2.45, 2.75) is 45.1 Å². The Bertz CT molecular complexity index is 774. The molecule has 2 aromatic rings. The van der Waals surface area contributed by atoms with Gasteiger partial charge in [0.05, 0.1) is 22.5 Å². The zero-order valence-electron chi connectivity index (χ0n) is 14.5. The van der Waals surface area contributed by atoms with Gasteiger partial charge in [0.15, 0.2) is 0 Å². The van der Waals surface area contributed by atoms with E-state index in [0.717, 1.165) is 6.07 Å². The minimum Gasteiger partial charge on any atom is -0.399 e. The lowest BCUT2D eigenvalue weighted by atomic mass is 9.79. The maximum Gasteiger partial charge on any atom is 0.494 e. The topological polar surface area (TPSA) is 31.4 Å². The van der Waals surface area contributed by atoms with E-state index in [9.17, 15) is 13.2 Å². The van der Waals surface area contributed by atoms with Crippen LogP contribution in [0.15, 0.2) is 42.6 Å². The number of benzene rings is 1. The molecule has 7 heteroatoms. The van der Waals surface area contributed by atoms with Crippen LogP contribution in [0.5, 0.6) is 0 Å². The zero-order valence-corrected chi connectivity index (χ0v) is 14.5. The quantitative estimate of drug-likeness (QED) is 0.766. The Kier molecular flexibility index (Phi) is 4.20. The number of nitrogens with zero attached hydrogens (tertiary/aromatic N) is 1. The van der Waals surface area contributed by atoms with Crippen LogP contribution in [0.25, 0.3) is 11.3 Å². The summed E-state index contributed by atoms with van der Waals surface area (Å²) in [6.45, 7) is 7.70. The number of pyridine rings is 1. The van der Waals surface area contributed by atoms with E-state index in [1.807, 2.05) is 27.7 Å². The molecule has 0 amide bonds. The van der Waals surface area contributed by atoms with E-state index in [1.54, 1.807) is 18.2 Å². The van der Waals surface area contributed by atoms with Gasteiger partial charge in [-0.1, -0.05) is 18.2 Å². The summed E-state index contributed by atoms with van der Waals surface area (Å²) in [5, 5.41) is 0. The fraction of sp³-hybridized carbons (Fsp3) is 0.389. The second kappa shape index (κ2) is 5.85. The highest BCUT2D eigenvalue weighted by molar-refractivity contribution is 6.62. The summed E-state index contributed by atoms with van der Waals surface area (Å²) in [7, 11) is -0.648. The van der Waals surface area contributed by atoms with E-state index in [-0.39, 0.29) is 11.3 Å². The van der Waals surface area contributed by atoms with E-state index < -0.39 is 30.1 Å². The predicted octanol–water partition coefficient (Wildman–Crippen LogP) is 4.07. The molecule has 1 fully saturated rings. The molecule has 2 heterocycles. The molecular weight excluding hydrogens is 330 g/mol. The molecule has 0 spiro atoms. The van der Waals surface area contributed by atoms with E-state index in [4.69, 9.17) is 9.31 Å². The van der Waals surface area contributed by atoms with Gasteiger partial charge in [0.2, 0.25) is 0 Å². The normalized spacial score (nSPS) is 19.2. The van der Waals surface area contributed by atoms with Crippen molar-refractivity contribution in [3.8, 4) is 11.3 Å². The van der Waals surface area contributed by atoms with Crippen LogP contribution >= 0.6 is 0 Å². The van der Waals surface area contributed by atoms with Crippen LogP contribution in [-0.2, 0) is 15.5 Å². The average Bonchev–Trinajstić information content (AvgIpc) is 2.75. The second-order valence-electron chi connectivity index (χ2n) is 7.11. The van der Waals surface area contributed by atoms with Crippen LogP contribution in [0.4, 0.5) is 13.2 Å². The van der Waals surface area contributed by atoms with Gasteiger partial charge in [-0.25, -0.2) is 0 Å². The second-order valence-corrected chi connectivity index (χ2v) is 7.11. The Morgan fingerprint density at radius 1 is 0.960 bits per heavy atom. The number of alkyl halides is 3. The summed E-state index contributed by atoms with van der Waals surface area (Å²) in [6, 6.07) is 8.68. The summed E-state index contributed by atoms with van der Waals surface area (Å²) in [4.78, 5) is 4.12. The van der Waals surface area contributed by atoms with Crippen LogP contribution in [0, 0.1) is 0 Å². The zero-order chi connectivity index (χ0) is 18.5. The molecule has 0 aliphatic carbocycles. The molecule has 0 N–H and O–H groups in total. The van der Waals surface area contributed by atoms with Crippen molar-refractivity contribution in [1.82, 2.24) is 4.98 Å². The van der Waals surface area contributed by atoms with Crippen molar-refractivity contribution in [2.24, 2.45) is 0 Å². The molecule has 0 bridgehead atoms. The summed E-state index contributed by atoms with van der Waals surface area (Å²) < 4.78 is 51.7. The first-order chi connectivity index (χ1) is 11.5. The third kappa shape index (κ3) is 3.31. The molecule has 0 unspecified atom stereocenters. The Morgan fingerprint density at radius 3 is 2.16 bits per heavy atom. The van der Waals surface area contributed by atoms with Crippen LogP contribution in [0.3, 0.4) is 0 Å². The molecule has 132 valence electrons. The van der Waals surface area contributed by atoms with Gasteiger partial charge >= 0.3 is 13.3 Å². The van der Waals surface area contributed by atoms with E-state index in [2.05, 4.69) is 4.98 Å². The smallest absolute Gasteiger partial charge is 0.399 e. The summed E-state index contributed by atoms with van der Waals surface area (Å²) in [5.41, 5.74) is -0.849. The van der Waals surface area contributed by atoms with Gasteiger partial charge < -0.3 is 9.31 Å². The molecule has 3 nitrogen and oxygen atoms in total. The van der Waals surface area contributed by atoms with Gasteiger partial charge in [-0.2, -0.15) is 13.2 Å². The lowest BCUT2D eigenvalue weighted by Crippen LogP contribution is -2.41. The molecule has 0 atom stereocenters. The molecule has 3 rings (SSSR count). The highest BCUT2D eigenvalue weighted by Crippen LogP contribution is 2.38. The Balaban J connectivity index is 2.00. The molecule has 1 aromatic heterocycles. The molecule has 0 saturated carbocycles. The number of rotatable bonds is 2. The summed E-state index contributed by atoms with van der Waals surface area (Å²) >= 11 is 0. The third-order valence-corrected chi connectivity index (χ3v) is 4.82. The van der Waals surface area contributed by atoms with E-state index >= 15 is 0 Å². The molecule has 1 aromatic carbocycles. The molecule has 1 aliphatic rings. The lowest BCUT2D eigenvalue weighted by Gasteiger charge is -2.32. The van der Waals surface area contributed by atoms with Crippen LogP contribution in [0.2, 0.25) is 0 Å². The average molecular weight is 349 g/mol. The number of hydrogen-bond acceptors (Lipinski definition) is 3. The summed E-state index contributed by atoms with van der Waals surface area (Å²) in [5.74, 6) is 0. The van der Waals surface area contributed by atoms with Gasteiger partial charge in [-0.15, -0.1) is 0 Å². The monoisotopic (exact) mass is 349 g/mol. The van der Waals surface area contributed by atoms with Crippen molar-refractivity contribution in [1.29, 1.82) is 0 Å². The maximum absolute atomic E-state index is 13.3. The highest BCUT2D eigenvalue weighted by atomic mass is 19.4.